The molecule has 0 aliphatic rings. The quantitative estimate of drug-likeness (QED) is 0.656. The monoisotopic (exact) mass is 315 g/mol. The first-order valence-corrected chi connectivity index (χ1v) is 7.34. The maximum absolute atomic E-state index is 12.0. The van der Waals surface area contributed by atoms with Gasteiger partial charge in [0.1, 0.15) is 9.88 Å². The standard InChI is InChI=1S/C13H21N3O4S/c1-5-20-13(18)10-9(14)8(11(17)15-3)12(21-10)16-7(2)6-19-4/h7,16H,5-6,14H2,1-4H3,(H,15,17). The predicted octanol–water partition coefficient (Wildman–Crippen LogP) is 1.31. The van der Waals surface area contributed by atoms with Gasteiger partial charge in [0.05, 0.1) is 24.5 Å². The molecule has 1 aromatic heterocycles. The van der Waals surface area contributed by atoms with E-state index < -0.39 is 5.97 Å². The largest absolute Gasteiger partial charge is 0.462 e. The first-order valence-electron chi connectivity index (χ1n) is 6.53. The Balaban J connectivity index is 3.18. The molecule has 7 nitrogen and oxygen atoms in total. The minimum Gasteiger partial charge on any atom is -0.462 e. The summed E-state index contributed by atoms with van der Waals surface area (Å²) in [4.78, 5) is 24.1. The minimum atomic E-state index is -0.530. The molecule has 4 N–H and O–H groups in total. The Labute approximate surface area is 127 Å². The smallest absolute Gasteiger partial charge is 0.350 e. The van der Waals surface area contributed by atoms with Gasteiger partial charge >= 0.3 is 5.97 Å². The number of rotatable bonds is 7. The molecule has 1 amide bonds. The zero-order valence-electron chi connectivity index (χ0n) is 12.6. The topological polar surface area (TPSA) is 103 Å². The van der Waals surface area contributed by atoms with Crippen molar-refractivity contribution in [3.63, 3.8) is 0 Å². The molecule has 0 spiro atoms. The predicted molar refractivity (Wildman–Crippen MR) is 83.0 cm³/mol. The molecule has 1 aromatic rings. The van der Waals surface area contributed by atoms with Crippen molar-refractivity contribution in [1.29, 1.82) is 0 Å². The number of anilines is 2. The van der Waals surface area contributed by atoms with Crippen molar-refractivity contribution in [2.45, 2.75) is 19.9 Å². The summed E-state index contributed by atoms with van der Waals surface area (Å²) in [7, 11) is 3.09. The van der Waals surface area contributed by atoms with Crippen LogP contribution in [0.25, 0.3) is 0 Å². The Morgan fingerprint density at radius 1 is 1.43 bits per heavy atom. The summed E-state index contributed by atoms with van der Waals surface area (Å²) in [5.74, 6) is -0.885. The highest BCUT2D eigenvalue weighted by Crippen LogP contribution is 2.36. The fraction of sp³-hybridized carbons (Fsp3) is 0.538. The van der Waals surface area contributed by atoms with Gasteiger partial charge < -0.3 is 25.8 Å². The molecule has 0 fully saturated rings. The van der Waals surface area contributed by atoms with Crippen LogP contribution in [0.2, 0.25) is 0 Å². The second-order valence-corrected chi connectivity index (χ2v) is 5.37. The van der Waals surface area contributed by atoms with Gasteiger partial charge in [0, 0.05) is 20.2 Å². The van der Waals surface area contributed by atoms with Crippen molar-refractivity contribution in [3.8, 4) is 0 Å². The third-order valence-corrected chi connectivity index (χ3v) is 3.77. The lowest BCUT2D eigenvalue weighted by Gasteiger charge is -2.13. The van der Waals surface area contributed by atoms with Crippen LogP contribution in [-0.2, 0) is 9.47 Å². The number of nitrogens with two attached hydrogens (primary N) is 1. The average Bonchev–Trinajstić information content (AvgIpc) is 2.75. The van der Waals surface area contributed by atoms with Crippen LogP contribution >= 0.6 is 11.3 Å². The van der Waals surface area contributed by atoms with Gasteiger partial charge in [-0.3, -0.25) is 4.79 Å². The van der Waals surface area contributed by atoms with Crippen molar-refractivity contribution in [1.82, 2.24) is 5.32 Å². The lowest BCUT2D eigenvalue weighted by atomic mass is 10.2. The summed E-state index contributed by atoms with van der Waals surface area (Å²) < 4.78 is 9.99. The Hall–Kier alpha value is -1.80. The number of ether oxygens (including phenoxy) is 2. The van der Waals surface area contributed by atoms with E-state index in [1.54, 1.807) is 14.0 Å². The zero-order valence-corrected chi connectivity index (χ0v) is 13.4. The normalized spacial score (nSPS) is 11.8. The molecule has 0 radical (unpaired) electrons. The van der Waals surface area contributed by atoms with Crippen LogP contribution in [0.4, 0.5) is 10.7 Å². The fourth-order valence-electron chi connectivity index (χ4n) is 1.76. The van der Waals surface area contributed by atoms with Crippen LogP contribution in [0.3, 0.4) is 0 Å². The number of carbonyl (C=O) groups is 2. The molecule has 21 heavy (non-hydrogen) atoms. The number of thiophene rings is 1. The van der Waals surface area contributed by atoms with Crippen molar-refractivity contribution >= 4 is 33.9 Å². The van der Waals surface area contributed by atoms with Gasteiger partial charge in [-0.1, -0.05) is 0 Å². The van der Waals surface area contributed by atoms with E-state index in [1.807, 2.05) is 6.92 Å². The second-order valence-electron chi connectivity index (χ2n) is 4.35. The summed E-state index contributed by atoms with van der Waals surface area (Å²) in [6.07, 6.45) is 0. The van der Waals surface area contributed by atoms with Crippen LogP contribution in [0, 0.1) is 0 Å². The Morgan fingerprint density at radius 3 is 2.62 bits per heavy atom. The molecule has 0 aromatic carbocycles. The summed E-state index contributed by atoms with van der Waals surface area (Å²) >= 11 is 1.11. The average molecular weight is 315 g/mol. The van der Waals surface area contributed by atoms with E-state index in [-0.39, 0.29) is 34.7 Å². The third-order valence-electron chi connectivity index (χ3n) is 2.65. The first-order chi connectivity index (χ1) is 9.96. The molecule has 0 bridgehead atoms. The van der Waals surface area contributed by atoms with E-state index in [9.17, 15) is 9.59 Å². The van der Waals surface area contributed by atoms with E-state index in [2.05, 4.69) is 10.6 Å². The summed E-state index contributed by atoms with van der Waals surface area (Å²) in [5, 5.41) is 6.17. The molecule has 0 saturated carbocycles. The first kappa shape index (κ1) is 17.3. The van der Waals surface area contributed by atoms with Crippen molar-refractivity contribution < 1.29 is 19.1 Å². The molecule has 1 atom stereocenters. The summed E-state index contributed by atoms with van der Waals surface area (Å²) in [5.41, 5.74) is 6.33. The number of hydrogen-bond acceptors (Lipinski definition) is 7. The van der Waals surface area contributed by atoms with Crippen LogP contribution in [0.15, 0.2) is 0 Å². The van der Waals surface area contributed by atoms with E-state index in [1.165, 1.54) is 7.05 Å². The van der Waals surface area contributed by atoms with Crippen molar-refractivity contribution in [3.05, 3.63) is 10.4 Å². The number of amides is 1. The van der Waals surface area contributed by atoms with Crippen LogP contribution in [0.5, 0.6) is 0 Å². The number of esters is 1. The molecule has 1 heterocycles. The van der Waals surface area contributed by atoms with Gasteiger partial charge in [-0.05, 0) is 13.8 Å². The minimum absolute atomic E-state index is 0.0356. The fourth-order valence-corrected chi connectivity index (χ4v) is 2.88. The Kier molecular flexibility index (Phi) is 6.44. The molecule has 0 aliphatic heterocycles. The number of nitrogen functional groups attached to an aromatic ring is 1. The van der Waals surface area contributed by atoms with Gasteiger partial charge in [0.15, 0.2) is 0 Å². The van der Waals surface area contributed by atoms with Crippen molar-refractivity contribution in [2.24, 2.45) is 0 Å². The highest BCUT2D eigenvalue weighted by atomic mass is 32.1. The summed E-state index contributed by atoms with van der Waals surface area (Å²) in [6, 6.07) is -0.0356. The molecule has 1 unspecified atom stereocenters. The van der Waals surface area contributed by atoms with E-state index in [4.69, 9.17) is 15.2 Å². The number of carbonyl (C=O) groups excluding carboxylic acids is 2. The molecule has 1 rings (SSSR count). The summed E-state index contributed by atoms with van der Waals surface area (Å²) in [6.45, 7) is 4.31. The van der Waals surface area contributed by atoms with Gasteiger partial charge in [-0.2, -0.15) is 0 Å². The molecule has 118 valence electrons. The third kappa shape index (κ3) is 4.08. The van der Waals surface area contributed by atoms with Crippen LogP contribution < -0.4 is 16.4 Å². The van der Waals surface area contributed by atoms with Gasteiger partial charge in [-0.15, -0.1) is 11.3 Å². The molecular weight excluding hydrogens is 294 g/mol. The van der Waals surface area contributed by atoms with E-state index >= 15 is 0 Å². The SMILES string of the molecule is CCOC(=O)c1sc(NC(C)COC)c(C(=O)NC)c1N. The number of nitrogens with one attached hydrogen (secondary N) is 2. The molecule has 0 saturated heterocycles. The van der Waals surface area contributed by atoms with Gasteiger partial charge in [-0.25, -0.2) is 4.79 Å². The van der Waals surface area contributed by atoms with E-state index in [0.717, 1.165) is 11.3 Å². The zero-order chi connectivity index (χ0) is 16.0. The highest BCUT2D eigenvalue weighted by Gasteiger charge is 2.26. The maximum atomic E-state index is 12.0. The molecule has 8 heteroatoms. The van der Waals surface area contributed by atoms with Gasteiger partial charge in [0.2, 0.25) is 0 Å². The second kappa shape index (κ2) is 7.84. The van der Waals surface area contributed by atoms with Crippen molar-refractivity contribution in [2.75, 3.05) is 38.4 Å². The number of methoxy groups -OCH3 is 1. The molecule has 0 aliphatic carbocycles. The highest BCUT2D eigenvalue weighted by molar-refractivity contribution is 7.19. The van der Waals surface area contributed by atoms with Gasteiger partial charge in [0.25, 0.3) is 5.91 Å². The number of hydrogen-bond donors (Lipinski definition) is 3. The van der Waals surface area contributed by atoms with Crippen LogP contribution in [-0.4, -0.2) is 45.3 Å². The molecular formula is C13H21N3O4S. The lowest BCUT2D eigenvalue weighted by Crippen LogP contribution is -2.24. The lowest BCUT2D eigenvalue weighted by molar-refractivity contribution is 0.0533. The van der Waals surface area contributed by atoms with E-state index in [0.29, 0.717) is 11.6 Å². The Morgan fingerprint density at radius 2 is 2.10 bits per heavy atom. The maximum Gasteiger partial charge on any atom is 0.350 e. The van der Waals surface area contributed by atoms with Crippen LogP contribution in [0.1, 0.15) is 33.9 Å². The Bertz CT molecular complexity index is 516.